The van der Waals surface area contributed by atoms with Gasteiger partial charge in [-0.2, -0.15) is 0 Å². The first-order valence-corrected chi connectivity index (χ1v) is 8.00. The van der Waals surface area contributed by atoms with Crippen LogP contribution in [-0.2, 0) is 0 Å². The maximum atomic E-state index is 4.54. The summed E-state index contributed by atoms with van der Waals surface area (Å²) in [5.74, 6) is 1.64. The normalized spacial score (nSPS) is 30.4. The molecule has 0 aliphatic heterocycles. The highest BCUT2D eigenvalue weighted by Crippen LogP contribution is 2.32. The van der Waals surface area contributed by atoms with Crippen LogP contribution < -0.4 is 5.32 Å². The van der Waals surface area contributed by atoms with Gasteiger partial charge in [-0.05, 0) is 39.0 Å². The second-order valence-corrected chi connectivity index (χ2v) is 7.18. The number of nitrogens with zero attached hydrogens (tertiary/aromatic N) is 1. The van der Waals surface area contributed by atoms with Crippen LogP contribution in [0.15, 0.2) is 0 Å². The molecule has 102 valence electrons. The van der Waals surface area contributed by atoms with Crippen LogP contribution in [0.5, 0.6) is 0 Å². The molecule has 4 unspecified atom stereocenters. The molecular formula is C15H26N2S. The van der Waals surface area contributed by atoms with Gasteiger partial charge < -0.3 is 5.32 Å². The van der Waals surface area contributed by atoms with E-state index in [-0.39, 0.29) is 0 Å². The van der Waals surface area contributed by atoms with E-state index in [0.29, 0.717) is 12.1 Å². The van der Waals surface area contributed by atoms with Crippen molar-refractivity contribution in [3.8, 4) is 0 Å². The van der Waals surface area contributed by atoms with Gasteiger partial charge in [0.05, 0.1) is 10.7 Å². The zero-order valence-electron chi connectivity index (χ0n) is 12.3. The number of hydrogen-bond acceptors (Lipinski definition) is 3. The smallest absolute Gasteiger partial charge is 0.0900 e. The molecule has 2 rings (SSSR count). The van der Waals surface area contributed by atoms with Crippen LogP contribution in [0.2, 0.25) is 0 Å². The molecule has 0 aromatic carbocycles. The molecule has 1 N–H and O–H groups in total. The van der Waals surface area contributed by atoms with E-state index in [2.05, 4.69) is 44.9 Å². The molecule has 18 heavy (non-hydrogen) atoms. The molecule has 1 heterocycles. The molecule has 0 radical (unpaired) electrons. The van der Waals surface area contributed by atoms with Crippen LogP contribution in [0.3, 0.4) is 0 Å². The number of aromatic nitrogens is 1. The lowest BCUT2D eigenvalue weighted by atomic mass is 9.78. The molecule has 3 heteroatoms. The van der Waals surface area contributed by atoms with E-state index in [4.69, 9.17) is 0 Å². The minimum absolute atomic E-state index is 0.439. The predicted molar refractivity (Wildman–Crippen MR) is 79.1 cm³/mol. The highest BCUT2D eigenvalue weighted by Gasteiger charge is 2.28. The summed E-state index contributed by atoms with van der Waals surface area (Å²) in [6, 6.07) is 1.11. The maximum absolute atomic E-state index is 4.54. The van der Waals surface area contributed by atoms with E-state index in [1.807, 2.05) is 11.3 Å². The number of nitrogens with one attached hydrogen (secondary N) is 1. The molecule has 1 fully saturated rings. The van der Waals surface area contributed by atoms with Crippen LogP contribution in [-0.4, -0.2) is 11.0 Å². The quantitative estimate of drug-likeness (QED) is 0.885. The Morgan fingerprint density at radius 2 is 2.00 bits per heavy atom. The SMILES string of the molecule is Cc1nc(C)c(C(C)NC2CCCC(C)C2C)s1. The number of aryl methyl sites for hydroxylation is 2. The Balaban J connectivity index is 2.02. The summed E-state index contributed by atoms with van der Waals surface area (Å²) in [7, 11) is 0. The molecular weight excluding hydrogens is 240 g/mol. The van der Waals surface area contributed by atoms with Gasteiger partial charge in [-0.1, -0.05) is 26.7 Å². The highest BCUT2D eigenvalue weighted by atomic mass is 32.1. The van der Waals surface area contributed by atoms with E-state index >= 15 is 0 Å². The highest BCUT2D eigenvalue weighted by molar-refractivity contribution is 7.11. The van der Waals surface area contributed by atoms with Crippen molar-refractivity contribution in [1.82, 2.24) is 10.3 Å². The maximum Gasteiger partial charge on any atom is 0.0900 e. The molecule has 1 aromatic rings. The van der Waals surface area contributed by atoms with Crippen molar-refractivity contribution in [2.24, 2.45) is 11.8 Å². The van der Waals surface area contributed by atoms with Gasteiger partial charge in [-0.3, -0.25) is 0 Å². The number of thiazole rings is 1. The fourth-order valence-corrected chi connectivity index (χ4v) is 4.10. The zero-order valence-corrected chi connectivity index (χ0v) is 13.1. The fourth-order valence-electron chi connectivity index (χ4n) is 3.16. The lowest BCUT2D eigenvalue weighted by Crippen LogP contribution is -2.41. The zero-order chi connectivity index (χ0) is 13.3. The third-order valence-corrected chi connectivity index (χ3v) is 5.76. The Morgan fingerprint density at radius 1 is 1.28 bits per heavy atom. The lowest BCUT2D eigenvalue weighted by molar-refractivity contribution is 0.196. The minimum atomic E-state index is 0.439. The monoisotopic (exact) mass is 266 g/mol. The van der Waals surface area contributed by atoms with Crippen molar-refractivity contribution in [3.63, 3.8) is 0 Å². The Kier molecular flexibility index (Phi) is 4.44. The largest absolute Gasteiger partial charge is 0.306 e. The first kappa shape index (κ1) is 14.0. The lowest BCUT2D eigenvalue weighted by Gasteiger charge is -2.36. The average molecular weight is 266 g/mol. The van der Waals surface area contributed by atoms with Gasteiger partial charge in [-0.15, -0.1) is 11.3 Å². The number of hydrogen-bond donors (Lipinski definition) is 1. The summed E-state index contributed by atoms with van der Waals surface area (Å²) in [6.45, 7) is 11.3. The Morgan fingerprint density at radius 3 is 2.61 bits per heavy atom. The first-order valence-electron chi connectivity index (χ1n) is 7.19. The molecule has 2 nitrogen and oxygen atoms in total. The Labute approximate surface area is 115 Å². The van der Waals surface area contributed by atoms with Gasteiger partial charge in [0.15, 0.2) is 0 Å². The standard InChI is InChI=1S/C15H26N2S/c1-9-7-6-8-14(10(9)2)17-12(4)15-11(3)16-13(5)18-15/h9-10,12,14,17H,6-8H2,1-5H3. The van der Waals surface area contributed by atoms with E-state index < -0.39 is 0 Å². The third kappa shape index (κ3) is 2.94. The average Bonchev–Trinajstić information content (AvgIpc) is 2.64. The topological polar surface area (TPSA) is 24.9 Å². The van der Waals surface area contributed by atoms with Gasteiger partial charge in [0, 0.05) is 17.0 Å². The van der Waals surface area contributed by atoms with Crippen LogP contribution in [0.1, 0.15) is 61.7 Å². The molecule has 1 aromatic heterocycles. The summed E-state index contributed by atoms with van der Waals surface area (Å²) in [4.78, 5) is 5.95. The van der Waals surface area contributed by atoms with Crippen molar-refractivity contribution < 1.29 is 0 Å². The van der Waals surface area contributed by atoms with Crippen LogP contribution in [0, 0.1) is 25.7 Å². The van der Waals surface area contributed by atoms with Gasteiger partial charge >= 0.3 is 0 Å². The fraction of sp³-hybridized carbons (Fsp3) is 0.800. The molecule has 4 atom stereocenters. The minimum Gasteiger partial charge on any atom is -0.306 e. The predicted octanol–water partition coefficient (Wildman–Crippen LogP) is 4.24. The molecule has 0 saturated heterocycles. The molecule has 1 aliphatic rings. The number of rotatable bonds is 3. The van der Waals surface area contributed by atoms with Crippen molar-refractivity contribution in [3.05, 3.63) is 15.6 Å². The second-order valence-electron chi connectivity index (χ2n) is 5.94. The van der Waals surface area contributed by atoms with Crippen molar-refractivity contribution in [2.45, 2.75) is 66.0 Å². The first-order chi connectivity index (χ1) is 8.49. The summed E-state index contributed by atoms with van der Waals surface area (Å²) in [6.07, 6.45) is 4.09. The van der Waals surface area contributed by atoms with Crippen LogP contribution in [0.25, 0.3) is 0 Å². The second kappa shape index (κ2) is 5.70. The van der Waals surface area contributed by atoms with Crippen LogP contribution >= 0.6 is 11.3 Å². The van der Waals surface area contributed by atoms with E-state index in [1.54, 1.807) is 0 Å². The van der Waals surface area contributed by atoms with Crippen LogP contribution in [0.4, 0.5) is 0 Å². The molecule has 0 bridgehead atoms. The third-order valence-electron chi connectivity index (χ3n) is 4.50. The molecule has 1 saturated carbocycles. The van der Waals surface area contributed by atoms with Crippen molar-refractivity contribution in [2.75, 3.05) is 0 Å². The Bertz CT molecular complexity index is 399. The molecule has 0 spiro atoms. The van der Waals surface area contributed by atoms with Gasteiger partial charge in [0.1, 0.15) is 0 Å². The van der Waals surface area contributed by atoms with E-state index in [1.165, 1.54) is 34.8 Å². The summed E-state index contributed by atoms with van der Waals surface area (Å²) >= 11 is 1.84. The van der Waals surface area contributed by atoms with Crippen molar-refractivity contribution >= 4 is 11.3 Å². The molecule has 1 aliphatic carbocycles. The van der Waals surface area contributed by atoms with E-state index in [9.17, 15) is 0 Å². The van der Waals surface area contributed by atoms with Gasteiger partial charge in [0.25, 0.3) is 0 Å². The van der Waals surface area contributed by atoms with Gasteiger partial charge in [0.2, 0.25) is 0 Å². The summed E-state index contributed by atoms with van der Waals surface area (Å²) in [5.41, 5.74) is 1.20. The Hall–Kier alpha value is -0.410. The van der Waals surface area contributed by atoms with Gasteiger partial charge in [-0.25, -0.2) is 4.98 Å². The summed E-state index contributed by atoms with van der Waals surface area (Å²) < 4.78 is 0. The van der Waals surface area contributed by atoms with E-state index in [0.717, 1.165) is 11.8 Å². The van der Waals surface area contributed by atoms with Crippen molar-refractivity contribution in [1.29, 1.82) is 0 Å². The summed E-state index contributed by atoms with van der Waals surface area (Å²) in [5, 5.41) is 5.02. The molecule has 0 amide bonds.